The van der Waals surface area contributed by atoms with Crippen LogP contribution >= 0.6 is 23.5 Å². The number of hydrogen-bond donors (Lipinski definition) is 0. The van der Waals surface area contributed by atoms with Gasteiger partial charge in [0.25, 0.3) is 0 Å². The summed E-state index contributed by atoms with van der Waals surface area (Å²) in [6.07, 6.45) is 0.846. The molecule has 0 spiro atoms. The van der Waals surface area contributed by atoms with Crippen molar-refractivity contribution in [2.45, 2.75) is 18.8 Å². The third kappa shape index (κ3) is 4.73. The van der Waals surface area contributed by atoms with E-state index in [1.165, 1.54) is 12.1 Å². The van der Waals surface area contributed by atoms with E-state index in [0.717, 1.165) is 10.7 Å². The lowest BCUT2D eigenvalue weighted by Crippen LogP contribution is -2.31. The Labute approximate surface area is 138 Å². The van der Waals surface area contributed by atoms with Crippen LogP contribution in [0.4, 0.5) is 0 Å². The van der Waals surface area contributed by atoms with E-state index >= 15 is 0 Å². The number of carbonyl (C=O) groups is 1. The smallest absolute Gasteiger partial charge is 0.308 e. The van der Waals surface area contributed by atoms with Gasteiger partial charge in [-0.3, -0.25) is 9.36 Å². The molecule has 0 aliphatic carbocycles. The van der Waals surface area contributed by atoms with E-state index in [9.17, 15) is 17.8 Å². The van der Waals surface area contributed by atoms with Crippen LogP contribution < -0.4 is 0 Å². The Bertz CT molecular complexity index is 660. The Balaban J connectivity index is 3.37. The lowest BCUT2D eigenvalue weighted by Gasteiger charge is -2.24. The maximum absolute atomic E-state index is 12.8. The van der Waals surface area contributed by atoms with E-state index in [1.54, 1.807) is 26.0 Å². The van der Waals surface area contributed by atoms with Gasteiger partial charge < -0.3 is 9.05 Å². The highest BCUT2D eigenvalue weighted by molar-refractivity contribution is 9.10. The molecule has 22 heavy (non-hydrogen) atoms. The maximum atomic E-state index is 12.8. The predicted molar refractivity (Wildman–Crippen MR) is 88.0 cm³/mol. The fraction of sp³-hybridized carbons (Fsp3) is 0.462. The Morgan fingerprint density at radius 1 is 1.18 bits per heavy atom. The molecule has 0 heterocycles. The number of hydrogen-bond acceptors (Lipinski definition) is 6. The minimum absolute atomic E-state index is 0.0308. The molecule has 0 unspecified atom stereocenters. The third-order valence-electron chi connectivity index (χ3n) is 2.66. The molecule has 0 radical (unpaired) electrons. The van der Waals surface area contributed by atoms with E-state index < -0.39 is 28.2 Å². The molecule has 1 aromatic rings. The van der Waals surface area contributed by atoms with Crippen molar-refractivity contribution in [2.24, 2.45) is 0 Å². The molecule has 1 atom stereocenters. The molecule has 0 bridgehead atoms. The van der Waals surface area contributed by atoms with Crippen molar-refractivity contribution >= 4 is 39.1 Å². The summed E-state index contributed by atoms with van der Waals surface area (Å²) in [5, 5.41) is 0. The molecular formula is C13H18BrO6PS. The van der Waals surface area contributed by atoms with E-state index in [0.29, 0.717) is 0 Å². The average Bonchev–Trinajstić information content (AvgIpc) is 2.38. The van der Waals surface area contributed by atoms with Gasteiger partial charge in [-0.2, -0.15) is 0 Å². The van der Waals surface area contributed by atoms with Crippen molar-refractivity contribution < 1.29 is 26.8 Å². The molecule has 9 heteroatoms. The predicted octanol–water partition coefficient (Wildman–Crippen LogP) is 3.27. The van der Waals surface area contributed by atoms with E-state index in [2.05, 4.69) is 15.9 Å². The van der Waals surface area contributed by atoms with Gasteiger partial charge in [-0.25, -0.2) is 8.42 Å². The largest absolute Gasteiger partial charge is 0.356 e. The summed E-state index contributed by atoms with van der Waals surface area (Å²) < 4.78 is 47.7. The molecule has 1 aromatic carbocycles. The number of Topliss-reactive ketones (excluding diaryl/α,β-unsaturated/α-hetero) is 1. The van der Waals surface area contributed by atoms with E-state index in [4.69, 9.17) is 9.05 Å². The topological polar surface area (TPSA) is 86.7 Å². The van der Waals surface area contributed by atoms with Gasteiger partial charge in [-0.15, -0.1) is 0 Å². The number of carbonyl (C=O) groups excluding carboxylic acids is 1. The summed E-state index contributed by atoms with van der Waals surface area (Å²) in [7, 11) is -8.13. The summed E-state index contributed by atoms with van der Waals surface area (Å²) in [5.74, 6) is -0.805. The summed E-state index contributed by atoms with van der Waals surface area (Å²) >= 11 is 3.23. The highest BCUT2D eigenvalue weighted by Crippen LogP contribution is 2.55. The lowest BCUT2D eigenvalue weighted by atomic mass is 10.1. The molecule has 0 aliphatic heterocycles. The third-order valence-corrected chi connectivity index (χ3v) is 8.19. The quantitative estimate of drug-likeness (QED) is 0.480. The first kappa shape index (κ1) is 19.5. The Hall–Kier alpha value is -0.530. The standard InChI is InChI=1S/C13H18BrO6PS/c1-4-19-21(16,20-5-2)13(22(3,17)18)12(15)10-6-8-11(14)9-7-10/h6-9,13H,4-5H2,1-3H3/t13-/m1/s1. The number of ketones is 1. The van der Waals surface area contributed by atoms with Crippen molar-refractivity contribution in [3.05, 3.63) is 34.3 Å². The van der Waals surface area contributed by atoms with Crippen LogP contribution in [0.2, 0.25) is 0 Å². The second-order valence-corrected chi connectivity index (χ2v) is 9.94. The molecule has 0 aromatic heterocycles. The number of benzene rings is 1. The van der Waals surface area contributed by atoms with Crippen molar-refractivity contribution in [1.82, 2.24) is 0 Å². The first-order chi connectivity index (χ1) is 10.2. The molecule has 0 saturated heterocycles. The zero-order valence-electron chi connectivity index (χ0n) is 12.5. The van der Waals surface area contributed by atoms with Crippen LogP contribution in [0.3, 0.4) is 0 Å². The molecule has 6 nitrogen and oxygen atoms in total. The number of sulfone groups is 1. The Morgan fingerprint density at radius 2 is 1.64 bits per heavy atom. The first-order valence-corrected chi connectivity index (χ1v) is 10.9. The van der Waals surface area contributed by atoms with Crippen molar-refractivity contribution in [3.63, 3.8) is 0 Å². The minimum atomic E-state index is -4.13. The zero-order valence-corrected chi connectivity index (χ0v) is 15.8. The highest BCUT2D eigenvalue weighted by atomic mass is 79.9. The van der Waals surface area contributed by atoms with Crippen LogP contribution in [0, 0.1) is 0 Å². The molecule has 0 N–H and O–H groups in total. The first-order valence-electron chi connectivity index (χ1n) is 6.53. The van der Waals surface area contributed by atoms with Crippen molar-refractivity contribution in [1.29, 1.82) is 0 Å². The minimum Gasteiger partial charge on any atom is -0.308 e. The summed E-state index contributed by atoms with van der Waals surface area (Å²) in [4.78, 5) is 10.7. The van der Waals surface area contributed by atoms with Crippen LogP contribution in [0.5, 0.6) is 0 Å². The van der Waals surface area contributed by atoms with E-state index in [-0.39, 0.29) is 18.8 Å². The highest BCUT2D eigenvalue weighted by Gasteiger charge is 2.48. The fourth-order valence-corrected chi connectivity index (χ4v) is 6.39. The normalized spacial score (nSPS) is 13.8. The van der Waals surface area contributed by atoms with Gasteiger partial charge in [0.2, 0.25) is 4.99 Å². The zero-order chi connectivity index (χ0) is 17.0. The van der Waals surface area contributed by atoms with Gasteiger partial charge in [-0.1, -0.05) is 28.1 Å². The van der Waals surface area contributed by atoms with Crippen LogP contribution in [0.1, 0.15) is 24.2 Å². The van der Waals surface area contributed by atoms with Gasteiger partial charge in [0.15, 0.2) is 15.6 Å². The fourth-order valence-electron chi connectivity index (χ4n) is 1.86. The second kappa shape index (κ2) is 7.84. The van der Waals surface area contributed by atoms with Gasteiger partial charge >= 0.3 is 7.60 Å². The molecule has 124 valence electrons. The van der Waals surface area contributed by atoms with Gasteiger partial charge in [-0.05, 0) is 26.0 Å². The molecule has 1 rings (SSSR count). The lowest BCUT2D eigenvalue weighted by molar-refractivity contribution is 0.0992. The summed E-state index contributed by atoms with van der Waals surface area (Å²) in [6, 6.07) is 6.09. The van der Waals surface area contributed by atoms with Gasteiger partial charge in [0, 0.05) is 16.3 Å². The average molecular weight is 413 g/mol. The van der Waals surface area contributed by atoms with Crippen LogP contribution in [0.15, 0.2) is 28.7 Å². The molecule has 0 fully saturated rings. The van der Waals surface area contributed by atoms with Crippen LogP contribution in [-0.4, -0.2) is 38.7 Å². The SMILES string of the molecule is CCOP(=O)(OCC)[C@@H](C(=O)c1ccc(Br)cc1)S(C)(=O)=O. The van der Waals surface area contributed by atoms with Crippen molar-refractivity contribution in [2.75, 3.05) is 19.5 Å². The van der Waals surface area contributed by atoms with Crippen LogP contribution in [0.25, 0.3) is 0 Å². The Morgan fingerprint density at radius 3 is 2.00 bits per heavy atom. The molecule has 0 aliphatic rings. The summed E-state index contributed by atoms with van der Waals surface area (Å²) in [5.41, 5.74) is 0.123. The van der Waals surface area contributed by atoms with Gasteiger partial charge in [0.05, 0.1) is 13.2 Å². The summed E-state index contributed by atoms with van der Waals surface area (Å²) in [6.45, 7) is 3.04. The molecule has 0 saturated carbocycles. The molecule has 0 amide bonds. The number of halogens is 1. The number of rotatable bonds is 8. The monoisotopic (exact) mass is 412 g/mol. The van der Waals surface area contributed by atoms with Crippen molar-refractivity contribution in [3.8, 4) is 0 Å². The van der Waals surface area contributed by atoms with E-state index in [1.807, 2.05) is 0 Å². The molecular weight excluding hydrogens is 395 g/mol. The Kier molecular flexibility index (Phi) is 6.95. The van der Waals surface area contributed by atoms with Gasteiger partial charge in [0.1, 0.15) is 0 Å². The second-order valence-electron chi connectivity index (χ2n) is 4.43. The van der Waals surface area contributed by atoms with Crippen LogP contribution in [-0.2, 0) is 23.4 Å². The maximum Gasteiger partial charge on any atom is 0.356 e.